The van der Waals surface area contributed by atoms with Gasteiger partial charge < -0.3 is 10.5 Å². The molecule has 1 aromatic rings. The molecule has 20 heavy (non-hydrogen) atoms. The Labute approximate surface area is 120 Å². The first-order valence-corrected chi connectivity index (χ1v) is 9.03. The highest BCUT2D eigenvalue weighted by molar-refractivity contribution is 7.90. The number of ether oxygens (including phenoxy) is 1. The molecule has 0 saturated heterocycles. The van der Waals surface area contributed by atoms with Gasteiger partial charge in [-0.15, -0.1) is 0 Å². The molecule has 1 aromatic carbocycles. The predicted molar refractivity (Wildman–Crippen MR) is 77.5 cm³/mol. The molecule has 2 fully saturated rings. The molecule has 5 heteroatoms. The van der Waals surface area contributed by atoms with Crippen LogP contribution in [0.25, 0.3) is 0 Å². The molecule has 2 atom stereocenters. The van der Waals surface area contributed by atoms with Crippen LogP contribution in [0.4, 0.5) is 0 Å². The predicted octanol–water partition coefficient (Wildman–Crippen LogP) is 2.13. The summed E-state index contributed by atoms with van der Waals surface area (Å²) < 4.78 is 29.2. The number of sulfone groups is 1. The molecular weight excluding hydrogens is 274 g/mol. The molecule has 2 aliphatic rings. The highest BCUT2D eigenvalue weighted by Crippen LogP contribution is 2.53. The van der Waals surface area contributed by atoms with Crippen molar-refractivity contribution in [2.75, 3.05) is 6.26 Å². The summed E-state index contributed by atoms with van der Waals surface area (Å²) in [7, 11) is -3.19. The quantitative estimate of drug-likeness (QED) is 0.927. The third-order valence-corrected chi connectivity index (χ3v) is 6.00. The van der Waals surface area contributed by atoms with Crippen molar-refractivity contribution in [2.45, 2.75) is 49.1 Å². The lowest BCUT2D eigenvalue weighted by Crippen LogP contribution is -2.62. The van der Waals surface area contributed by atoms with E-state index in [0.29, 0.717) is 10.6 Å². The molecule has 110 valence electrons. The number of rotatable bonds is 3. The van der Waals surface area contributed by atoms with Crippen molar-refractivity contribution in [1.29, 1.82) is 0 Å². The van der Waals surface area contributed by atoms with E-state index in [1.54, 1.807) is 18.2 Å². The van der Waals surface area contributed by atoms with Crippen LogP contribution in [0, 0.1) is 5.41 Å². The van der Waals surface area contributed by atoms with Crippen LogP contribution in [-0.4, -0.2) is 26.8 Å². The minimum Gasteiger partial charge on any atom is -0.490 e. The first kappa shape index (κ1) is 13.9. The topological polar surface area (TPSA) is 69.4 Å². The van der Waals surface area contributed by atoms with Gasteiger partial charge >= 0.3 is 0 Å². The largest absolute Gasteiger partial charge is 0.490 e. The second-order valence-electron chi connectivity index (χ2n) is 6.14. The molecule has 2 N–H and O–H groups in total. The highest BCUT2D eigenvalue weighted by Gasteiger charge is 2.56. The van der Waals surface area contributed by atoms with Crippen LogP contribution < -0.4 is 10.5 Å². The number of hydrogen-bond donors (Lipinski definition) is 1. The normalized spacial score (nSPS) is 28.3. The summed E-state index contributed by atoms with van der Waals surface area (Å²) in [6.45, 7) is 0. The lowest BCUT2D eigenvalue weighted by atomic mass is 9.61. The summed E-state index contributed by atoms with van der Waals surface area (Å²) in [4.78, 5) is 0.305. The molecule has 0 amide bonds. The van der Waals surface area contributed by atoms with Crippen molar-refractivity contribution in [3.8, 4) is 5.75 Å². The van der Waals surface area contributed by atoms with Crippen LogP contribution >= 0.6 is 0 Å². The van der Waals surface area contributed by atoms with E-state index in [9.17, 15) is 8.42 Å². The maximum atomic E-state index is 11.6. The van der Waals surface area contributed by atoms with Gasteiger partial charge in [0.2, 0.25) is 0 Å². The van der Waals surface area contributed by atoms with Crippen molar-refractivity contribution < 1.29 is 13.2 Å². The first-order chi connectivity index (χ1) is 9.42. The highest BCUT2D eigenvalue weighted by atomic mass is 32.2. The van der Waals surface area contributed by atoms with Crippen molar-refractivity contribution in [1.82, 2.24) is 0 Å². The zero-order valence-electron chi connectivity index (χ0n) is 11.7. The van der Waals surface area contributed by atoms with Crippen molar-refractivity contribution in [3.05, 3.63) is 24.3 Å². The Morgan fingerprint density at radius 1 is 1.30 bits per heavy atom. The van der Waals surface area contributed by atoms with Crippen LogP contribution in [0.2, 0.25) is 0 Å². The van der Waals surface area contributed by atoms with Crippen LogP contribution in [0.15, 0.2) is 29.2 Å². The zero-order chi connectivity index (χ0) is 14.4. The van der Waals surface area contributed by atoms with Gasteiger partial charge in [-0.1, -0.05) is 18.9 Å². The molecular formula is C15H21NO3S. The summed E-state index contributed by atoms with van der Waals surface area (Å²) in [5.74, 6) is 0.635. The summed E-state index contributed by atoms with van der Waals surface area (Å²) in [5.41, 5.74) is 6.31. The van der Waals surface area contributed by atoms with Crippen molar-refractivity contribution in [2.24, 2.45) is 11.1 Å². The van der Waals surface area contributed by atoms with Gasteiger partial charge in [-0.05, 0) is 31.0 Å². The molecule has 2 unspecified atom stereocenters. The van der Waals surface area contributed by atoms with Crippen LogP contribution in [0.3, 0.4) is 0 Å². The van der Waals surface area contributed by atoms with Crippen molar-refractivity contribution >= 4 is 9.84 Å². The van der Waals surface area contributed by atoms with Crippen LogP contribution in [-0.2, 0) is 9.84 Å². The van der Waals surface area contributed by atoms with Gasteiger partial charge in [-0.2, -0.15) is 0 Å². The fourth-order valence-electron chi connectivity index (χ4n) is 3.61. The van der Waals surface area contributed by atoms with Gasteiger partial charge in [0.1, 0.15) is 11.9 Å². The van der Waals surface area contributed by atoms with Gasteiger partial charge in [0, 0.05) is 24.1 Å². The first-order valence-electron chi connectivity index (χ1n) is 7.14. The minimum atomic E-state index is -3.19. The van der Waals surface area contributed by atoms with Crippen LogP contribution in [0.5, 0.6) is 5.75 Å². The third-order valence-electron chi connectivity index (χ3n) is 4.89. The summed E-state index contributed by atoms with van der Waals surface area (Å²) in [6, 6.07) is 6.99. The van der Waals surface area contributed by atoms with Gasteiger partial charge in [-0.3, -0.25) is 0 Å². The van der Waals surface area contributed by atoms with Gasteiger partial charge in [0.25, 0.3) is 0 Å². The molecule has 4 nitrogen and oxygen atoms in total. The zero-order valence-corrected chi connectivity index (χ0v) is 12.5. The minimum absolute atomic E-state index is 0.126. The summed E-state index contributed by atoms with van der Waals surface area (Å²) in [6.07, 6.45) is 6.91. The third kappa shape index (κ3) is 2.23. The fourth-order valence-corrected chi connectivity index (χ4v) is 4.27. The Morgan fingerprint density at radius 3 is 2.60 bits per heavy atom. The Morgan fingerprint density at radius 2 is 2.00 bits per heavy atom. The SMILES string of the molecule is CS(=O)(=O)c1cccc(OC2CC(N)C23CCCC3)c1. The standard InChI is InChI=1S/C15H21NO3S/c1-20(17,18)12-6-4-5-11(9-12)19-14-10-13(16)15(14)7-2-3-8-15/h4-6,9,13-14H,2-3,7-8,10,16H2,1H3. The number of benzene rings is 1. The van der Waals surface area contributed by atoms with E-state index in [0.717, 1.165) is 19.3 Å². The Balaban J connectivity index is 1.79. The summed E-state index contributed by atoms with van der Waals surface area (Å²) >= 11 is 0. The molecule has 3 rings (SSSR count). The van der Waals surface area contributed by atoms with E-state index in [4.69, 9.17) is 10.5 Å². The second kappa shape index (κ2) is 4.74. The van der Waals surface area contributed by atoms with E-state index < -0.39 is 9.84 Å². The number of nitrogens with two attached hydrogens (primary N) is 1. The molecule has 2 aliphatic carbocycles. The van der Waals surface area contributed by atoms with E-state index in [2.05, 4.69) is 0 Å². The molecule has 0 bridgehead atoms. The van der Waals surface area contributed by atoms with E-state index >= 15 is 0 Å². The average Bonchev–Trinajstić information content (AvgIpc) is 2.90. The molecule has 0 aliphatic heterocycles. The van der Waals surface area contributed by atoms with E-state index in [1.807, 2.05) is 6.07 Å². The average molecular weight is 295 g/mol. The lowest BCUT2D eigenvalue weighted by Gasteiger charge is -2.52. The number of hydrogen-bond acceptors (Lipinski definition) is 4. The van der Waals surface area contributed by atoms with Gasteiger partial charge in [0.15, 0.2) is 9.84 Å². The maximum Gasteiger partial charge on any atom is 0.175 e. The summed E-state index contributed by atoms with van der Waals surface area (Å²) in [5, 5.41) is 0. The lowest BCUT2D eigenvalue weighted by molar-refractivity contribution is -0.0621. The molecule has 1 spiro atoms. The van der Waals surface area contributed by atoms with Crippen molar-refractivity contribution in [3.63, 3.8) is 0 Å². The fraction of sp³-hybridized carbons (Fsp3) is 0.600. The molecule has 2 saturated carbocycles. The second-order valence-corrected chi connectivity index (χ2v) is 8.15. The molecule has 0 heterocycles. The van der Waals surface area contributed by atoms with Gasteiger partial charge in [-0.25, -0.2) is 8.42 Å². The maximum absolute atomic E-state index is 11.6. The Hall–Kier alpha value is -1.07. The molecule has 0 aromatic heterocycles. The van der Waals surface area contributed by atoms with Gasteiger partial charge in [0.05, 0.1) is 4.90 Å². The Kier molecular flexibility index (Phi) is 3.29. The molecule has 0 radical (unpaired) electrons. The monoisotopic (exact) mass is 295 g/mol. The van der Waals surface area contributed by atoms with Crippen LogP contribution in [0.1, 0.15) is 32.1 Å². The van der Waals surface area contributed by atoms with E-state index in [1.165, 1.54) is 19.1 Å². The van der Waals surface area contributed by atoms with E-state index in [-0.39, 0.29) is 17.6 Å². The Bertz CT molecular complexity index is 605. The smallest absolute Gasteiger partial charge is 0.175 e.